The number of carbonyl (C=O) groups is 1. The van der Waals surface area contributed by atoms with Crippen LogP contribution in [0.1, 0.15) is 94.5 Å². The minimum absolute atomic E-state index is 0.254. The molecule has 2 aromatic carbocycles. The quantitative estimate of drug-likeness (QED) is 0.220. The van der Waals surface area contributed by atoms with Crippen LogP contribution in [-0.2, 0) is 17.8 Å². The van der Waals surface area contributed by atoms with E-state index in [1.807, 2.05) is 38.1 Å². The van der Waals surface area contributed by atoms with Crippen LogP contribution in [0.3, 0.4) is 0 Å². The fourth-order valence-electron chi connectivity index (χ4n) is 6.10. The van der Waals surface area contributed by atoms with Gasteiger partial charge in [0.05, 0.1) is 12.0 Å². The molecule has 2 aromatic rings. The molecule has 42 heavy (non-hydrogen) atoms. The third kappa shape index (κ3) is 8.73. The highest BCUT2D eigenvalue weighted by atomic mass is 16.5. The molecule has 0 amide bonds. The molecule has 0 aromatic heterocycles. The second-order valence-electron chi connectivity index (χ2n) is 13.0. The van der Waals surface area contributed by atoms with Gasteiger partial charge < -0.3 is 19.7 Å². The topological polar surface area (TPSA) is 76.0 Å². The summed E-state index contributed by atoms with van der Waals surface area (Å²) in [5.74, 6) is 0.102. The van der Waals surface area contributed by atoms with Crippen molar-refractivity contribution in [3.8, 4) is 11.5 Å². The van der Waals surface area contributed by atoms with Gasteiger partial charge in [0.2, 0.25) is 0 Å². The molecule has 0 radical (unpaired) electrons. The zero-order valence-electron chi connectivity index (χ0n) is 27.0. The van der Waals surface area contributed by atoms with Gasteiger partial charge in [0.15, 0.2) is 0 Å². The summed E-state index contributed by atoms with van der Waals surface area (Å²) in [7, 11) is 0. The second-order valence-corrected chi connectivity index (χ2v) is 13.0. The molecule has 0 saturated carbocycles. The SMILES string of the molecule is CC(C)=CCC[C@@H](C)CC=C[C@@H](C)C(C(=O)O)C(O)C[C@]1(C)CCc2c(C)c(OCc3ccccc3)c(C)c(C)c2O1. The van der Waals surface area contributed by atoms with Crippen molar-refractivity contribution in [3.63, 3.8) is 0 Å². The third-order valence-corrected chi connectivity index (χ3v) is 8.89. The average molecular weight is 577 g/mol. The summed E-state index contributed by atoms with van der Waals surface area (Å²) in [4.78, 5) is 12.3. The van der Waals surface area contributed by atoms with E-state index in [4.69, 9.17) is 9.47 Å². The number of fused-ring (bicyclic) bond motifs is 1. The predicted molar refractivity (Wildman–Crippen MR) is 171 cm³/mol. The summed E-state index contributed by atoms with van der Waals surface area (Å²) in [6.07, 6.45) is 10.1. The number of benzene rings is 2. The number of carboxylic acid groups (broad SMARTS) is 1. The van der Waals surface area contributed by atoms with Crippen molar-refractivity contribution in [2.75, 3.05) is 0 Å². The first-order valence-electron chi connectivity index (χ1n) is 15.5. The summed E-state index contributed by atoms with van der Waals surface area (Å²) in [6, 6.07) is 10.1. The van der Waals surface area contributed by atoms with Crippen LogP contribution in [0, 0.1) is 38.5 Å². The monoisotopic (exact) mass is 576 g/mol. The van der Waals surface area contributed by atoms with Crippen molar-refractivity contribution in [2.24, 2.45) is 17.8 Å². The number of allylic oxidation sites excluding steroid dienone is 4. The third-order valence-electron chi connectivity index (χ3n) is 8.89. The van der Waals surface area contributed by atoms with Gasteiger partial charge in [-0.3, -0.25) is 4.79 Å². The van der Waals surface area contributed by atoms with E-state index in [-0.39, 0.29) is 12.3 Å². The molecule has 0 bridgehead atoms. The van der Waals surface area contributed by atoms with E-state index in [9.17, 15) is 15.0 Å². The van der Waals surface area contributed by atoms with E-state index in [0.717, 1.165) is 65.0 Å². The number of aliphatic carboxylic acids is 1. The van der Waals surface area contributed by atoms with Crippen molar-refractivity contribution in [2.45, 2.75) is 112 Å². The molecule has 1 aliphatic rings. The molecule has 0 spiro atoms. The Morgan fingerprint density at radius 3 is 2.43 bits per heavy atom. The van der Waals surface area contributed by atoms with E-state index >= 15 is 0 Å². The van der Waals surface area contributed by atoms with Crippen LogP contribution >= 0.6 is 0 Å². The maximum Gasteiger partial charge on any atom is 0.309 e. The van der Waals surface area contributed by atoms with E-state index in [2.05, 4.69) is 65.8 Å². The van der Waals surface area contributed by atoms with E-state index < -0.39 is 23.6 Å². The second kappa shape index (κ2) is 14.9. The Morgan fingerprint density at radius 1 is 1.10 bits per heavy atom. The maximum absolute atomic E-state index is 12.3. The molecule has 0 aliphatic carbocycles. The number of rotatable bonds is 14. The lowest BCUT2D eigenvalue weighted by molar-refractivity contribution is -0.149. The predicted octanol–water partition coefficient (Wildman–Crippen LogP) is 8.69. The summed E-state index contributed by atoms with van der Waals surface area (Å²) in [6.45, 7) is 17.0. The lowest BCUT2D eigenvalue weighted by Crippen LogP contribution is -2.44. The van der Waals surface area contributed by atoms with Crippen LogP contribution in [-0.4, -0.2) is 27.9 Å². The standard InChI is InChI=1S/C37H52O5/c1-24(2)14-12-15-25(3)16-13-17-26(4)33(36(39)40)32(38)22-37(8)21-20-31-29(7)34(27(5)28(6)35(31)42-37)41-23-30-18-10-9-11-19-30/h9-11,13-14,17-19,25-26,32-33,38H,12,15-16,20-23H2,1-8H3,(H,39,40)/t25-,26-,32?,33?,37+/m1/s1. The average Bonchev–Trinajstić information content (AvgIpc) is 2.91. The van der Waals surface area contributed by atoms with Gasteiger partial charge in [-0.05, 0) is 108 Å². The molecule has 3 rings (SSSR count). The first kappa shape index (κ1) is 33.5. The Kier molecular flexibility index (Phi) is 11.9. The highest BCUT2D eigenvalue weighted by Crippen LogP contribution is 2.45. The summed E-state index contributed by atoms with van der Waals surface area (Å²) in [5, 5.41) is 21.4. The summed E-state index contributed by atoms with van der Waals surface area (Å²) < 4.78 is 13.0. The molecule has 5 nitrogen and oxygen atoms in total. The number of aliphatic hydroxyl groups is 1. The van der Waals surface area contributed by atoms with Gasteiger partial charge in [0.1, 0.15) is 23.7 Å². The van der Waals surface area contributed by atoms with Crippen molar-refractivity contribution >= 4 is 5.97 Å². The molecule has 2 unspecified atom stereocenters. The Bertz CT molecular complexity index is 1260. The maximum atomic E-state index is 12.3. The fourth-order valence-corrected chi connectivity index (χ4v) is 6.10. The minimum atomic E-state index is -1.03. The molecule has 230 valence electrons. The molecular weight excluding hydrogens is 524 g/mol. The lowest BCUT2D eigenvalue weighted by Gasteiger charge is -2.40. The normalized spacial score (nSPS) is 19.4. The van der Waals surface area contributed by atoms with Crippen LogP contribution < -0.4 is 9.47 Å². The van der Waals surface area contributed by atoms with Gasteiger partial charge in [0.25, 0.3) is 0 Å². The van der Waals surface area contributed by atoms with Gasteiger partial charge in [-0.15, -0.1) is 0 Å². The van der Waals surface area contributed by atoms with Crippen LogP contribution in [0.15, 0.2) is 54.1 Å². The van der Waals surface area contributed by atoms with E-state index in [0.29, 0.717) is 18.9 Å². The van der Waals surface area contributed by atoms with Crippen molar-refractivity contribution in [1.82, 2.24) is 0 Å². The van der Waals surface area contributed by atoms with Gasteiger partial charge in [-0.25, -0.2) is 0 Å². The molecule has 1 heterocycles. The summed E-state index contributed by atoms with van der Waals surface area (Å²) >= 11 is 0. The Labute approximate surface area is 253 Å². The highest BCUT2D eigenvalue weighted by molar-refractivity contribution is 5.71. The molecule has 0 fully saturated rings. The van der Waals surface area contributed by atoms with Gasteiger partial charge in [-0.1, -0.05) is 68.0 Å². The van der Waals surface area contributed by atoms with Crippen LogP contribution in [0.25, 0.3) is 0 Å². The molecule has 1 aliphatic heterocycles. The Morgan fingerprint density at radius 2 is 1.79 bits per heavy atom. The zero-order valence-corrected chi connectivity index (χ0v) is 27.0. The Hall–Kier alpha value is -3.05. The van der Waals surface area contributed by atoms with E-state index in [1.165, 1.54) is 5.57 Å². The van der Waals surface area contributed by atoms with Crippen LogP contribution in [0.5, 0.6) is 11.5 Å². The van der Waals surface area contributed by atoms with Crippen LogP contribution in [0.2, 0.25) is 0 Å². The first-order chi connectivity index (χ1) is 19.8. The number of aliphatic hydroxyl groups excluding tert-OH is 1. The fraction of sp³-hybridized carbons (Fsp3) is 0.541. The Balaban J connectivity index is 1.69. The first-order valence-corrected chi connectivity index (χ1v) is 15.5. The summed E-state index contributed by atoms with van der Waals surface area (Å²) in [5.41, 5.74) is 6.09. The highest BCUT2D eigenvalue weighted by Gasteiger charge is 2.41. The minimum Gasteiger partial charge on any atom is -0.488 e. The van der Waals surface area contributed by atoms with Gasteiger partial charge in [-0.2, -0.15) is 0 Å². The molecular formula is C37H52O5. The number of hydrogen-bond donors (Lipinski definition) is 2. The lowest BCUT2D eigenvalue weighted by atomic mass is 9.79. The molecule has 5 atom stereocenters. The number of ether oxygens (including phenoxy) is 2. The number of carboxylic acids is 1. The smallest absolute Gasteiger partial charge is 0.309 e. The van der Waals surface area contributed by atoms with E-state index in [1.54, 1.807) is 0 Å². The van der Waals surface area contributed by atoms with Gasteiger partial charge >= 0.3 is 5.97 Å². The van der Waals surface area contributed by atoms with Crippen molar-refractivity contribution in [1.29, 1.82) is 0 Å². The molecule has 0 saturated heterocycles. The number of hydrogen-bond acceptors (Lipinski definition) is 4. The zero-order chi connectivity index (χ0) is 31.0. The largest absolute Gasteiger partial charge is 0.488 e. The van der Waals surface area contributed by atoms with Crippen molar-refractivity contribution in [3.05, 3.63) is 82.0 Å². The van der Waals surface area contributed by atoms with Gasteiger partial charge in [0, 0.05) is 12.0 Å². The van der Waals surface area contributed by atoms with Crippen molar-refractivity contribution < 1.29 is 24.5 Å². The molecule has 5 heteroatoms. The molecule has 2 N–H and O–H groups in total. The van der Waals surface area contributed by atoms with Crippen LogP contribution in [0.4, 0.5) is 0 Å².